The summed E-state index contributed by atoms with van der Waals surface area (Å²) in [7, 11) is 0. The van der Waals surface area contributed by atoms with Crippen LogP contribution >= 0.6 is 11.6 Å². The SMILES string of the molecule is Cc1cccc(Cl)c1-n1c(=O)[nH]c2c(C(=O)O)cccc21. The van der Waals surface area contributed by atoms with Crippen LogP contribution in [0.2, 0.25) is 5.02 Å². The number of carboxylic acid groups (broad SMARTS) is 1. The molecule has 1 heterocycles. The number of carboxylic acids is 1. The van der Waals surface area contributed by atoms with Crippen molar-refractivity contribution in [3.05, 3.63) is 63.0 Å². The third-order valence-corrected chi connectivity index (χ3v) is 3.67. The van der Waals surface area contributed by atoms with Crippen molar-refractivity contribution >= 4 is 28.6 Å². The molecule has 1 aromatic heterocycles. The molecule has 5 nitrogen and oxygen atoms in total. The molecule has 6 heteroatoms. The number of nitrogens with one attached hydrogen (secondary N) is 1. The smallest absolute Gasteiger partial charge is 0.337 e. The van der Waals surface area contributed by atoms with E-state index in [4.69, 9.17) is 11.6 Å². The number of benzene rings is 2. The van der Waals surface area contributed by atoms with Crippen molar-refractivity contribution in [2.45, 2.75) is 6.92 Å². The number of halogens is 1. The van der Waals surface area contributed by atoms with Gasteiger partial charge in [0.05, 0.1) is 27.3 Å². The standard InChI is InChI=1S/C15H11ClN2O3/c1-8-4-2-6-10(16)13(8)18-11-7-3-5-9(14(19)20)12(11)17-15(18)21/h2-7H,1H3,(H,17,21)(H,19,20). The van der Waals surface area contributed by atoms with Gasteiger partial charge in [-0.2, -0.15) is 0 Å². The number of nitrogens with zero attached hydrogens (tertiary/aromatic N) is 1. The van der Waals surface area contributed by atoms with Crippen LogP contribution in [0.3, 0.4) is 0 Å². The van der Waals surface area contributed by atoms with Gasteiger partial charge in [0.1, 0.15) is 0 Å². The molecule has 3 rings (SSSR count). The number of carbonyl (C=O) groups is 1. The van der Waals surface area contributed by atoms with Crippen molar-refractivity contribution in [3.63, 3.8) is 0 Å². The second-order valence-corrected chi connectivity index (χ2v) is 5.08. The summed E-state index contributed by atoms with van der Waals surface area (Å²) < 4.78 is 1.40. The Hall–Kier alpha value is -2.53. The molecule has 0 amide bonds. The number of aryl methyl sites for hydroxylation is 1. The number of imidazole rings is 1. The van der Waals surface area contributed by atoms with Crippen molar-refractivity contribution in [2.24, 2.45) is 0 Å². The summed E-state index contributed by atoms with van der Waals surface area (Å²) in [6.45, 7) is 1.84. The average molecular weight is 303 g/mol. The maximum atomic E-state index is 12.3. The zero-order valence-corrected chi connectivity index (χ0v) is 11.8. The number of para-hydroxylation sites is 2. The van der Waals surface area contributed by atoms with E-state index < -0.39 is 11.7 Å². The summed E-state index contributed by atoms with van der Waals surface area (Å²) in [5.74, 6) is -1.09. The highest BCUT2D eigenvalue weighted by molar-refractivity contribution is 6.32. The predicted molar refractivity (Wildman–Crippen MR) is 80.6 cm³/mol. The summed E-state index contributed by atoms with van der Waals surface area (Å²) in [6, 6.07) is 10.1. The Morgan fingerprint density at radius 1 is 1.24 bits per heavy atom. The topological polar surface area (TPSA) is 75.1 Å². The molecule has 0 aliphatic carbocycles. The zero-order valence-electron chi connectivity index (χ0n) is 11.1. The Balaban J connectivity index is 2.45. The first kappa shape index (κ1) is 13.5. The van der Waals surface area contributed by atoms with Crippen molar-refractivity contribution < 1.29 is 9.90 Å². The fourth-order valence-electron chi connectivity index (χ4n) is 2.44. The van der Waals surface area contributed by atoms with Gasteiger partial charge in [-0.1, -0.05) is 29.8 Å². The Morgan fingerprint density at radius 2 is 1.95 bits per heavy atom. The Bertz CT molecular complexity index is 904. The molecule has 0 aliphatic rings. The zero-order chi connectivity index (χ0) is 15.1. The molecule has 2 N–H and O–H groups in total. The Morgan fingerprint density at radius 3 is 2.62 bits per heavy atom. The highest BCUT2D eigenvalue weighted by Gasteiger charge is 2.17. The van der Waals surface area contributed by atoms with Crippen molar-refractivity contribution in [1.29, 1.82) is 0 Å². The van der Waals surface area contributed by atoms with Gasteiger partial charge in [0.25, 0.3) is 0 Å². The molecule has 0 spiro atoms. The molecular weight excluding hydrogens is 292 g/mol. The average Bonchev–Trinajstić information content (AvgIpc) is 2.75. The monoisotopic (exact) mass is 302 g/mol. The van der Waals surface area contributed by atoms with Crippen LogP contribution in [-0.4, -0.2) is 20.6 Å². The normalized spacial score (nSPS) is 11.0. The van der Waals surface area contributed by atoms with Crippen LogP contribution in [0.1, 0.15) is 15.9 Å². The largest absolute Gasteiger partial charge is 0.478 e. The lowest BCUT2D eigenvalue weighted by molar-refractivity contribution is 0.0699. The fourth-order valence-corrected chi connectivity index (χ4v) is 2.74. The number of aromatic nitrogens is 2. The molecule has 0 atom stereocenters. The van der Waals surface area contributed by atoms with Gasteiger partial charge in [-0.3, -0.25) is 4.57 Å². The van der Waals surface area contributed by atoms with Gasteiger partial charge in [0, 0.05) is 0 Å². The third-order valence-electron chi connectivity index (χ3n) is 3.36. The molecule has 3 aromatic rings. The number of rotatable bonds is 2. The number of hydrogen-bond acceptors (Lipinski definition) is 2. The second kappa shape index (κ2) is 4.79. The van der Waals surface area contributed by atoms with E-state index in [-0.39, 0.29) is 11.1 Å². The molecule has 0 unspecified atom stereocenters. The van der Waals surface area contributed by atoms with Crippen molar-refractivity contribution in [1.82, 2.24) is 9.55 Å². The highest BCUT2D eigenvalue weighted by atomic mass is 35.5. The van der Waals surface area contributed by atoms with E-state index in [1.165, 1.54) is 10.6 Å². The summed E-state index contributed by atoms with van der Waals surface area (Å²) in [5, 5.41) is 9.63. The molecule has 106 valence electrons. The van der Waals surface area contributed by atoms with E-state index in [2.05, 4.69) is 4.98 Å². The van der Waals surface area contributed by atoms with Crippen LogP contribution < -0.4 is 5.69 Å². The molecule has 0 aliphatic heterocycles. The number of H-pyrrole nitrogens is 1. The van der Waals surface area contributed by atoms with Crippen LogP contribution in [-0.2, 0) is 0 Å². The summed E-state index contributed by atoms with van der Waals surface area (Å²) in [5.41, 5.74) is 1.78. The predicted octanol–water partition coefficient (Wildman–Crippen LogP) is 2.98. The van der Waals surface area contributed by atoms with Gasteiger partial charge >= 0.3 is 11.7 Å². The maximum absolute atomic E-state index is 12.3. The van der Waals surface area contributed by atoms with E-state index in [9.17, 15) is 14.7 Å². The van der Waals surface area contributed by atoms with Gasteiger partial charge in [0.2, 0.25) is 0 Å². The Kier molecular flexibility index (Phi) is 3.07. The van der Waals surface area contributed by atoms with Gasteiger partial charge in [-0.05, 0) is 30.7 Å². The molecule has 0 saturated carbocycles. The first-order valence-corrected chi connectivity index (χ1v) is 6.61. The Labute approximate surface area is 124 Å². The summed E-state index contributed by atoms with van der Waals surface area (Å²) in [6.07, 6.45) is 0. The molecular formula is C15H11ClN2O3. The number of aromatic amines is 1. The minimum absolute atomic E-state index is 0.0491. The number of hydrogen-bond donors (Lipinski definition) is 2. The molecule has 0 saturated heterocycles. The minimum atomic E-state index is -1.09. The number of aromatic carboxylic acids is 1. The lowest BCUT2D eigenvalue weighted by atomic mass is 10.1. The minimum Gasteiger partial charge on any atom is -0.478 e. The van der Waals surface area contributed by atoms with Crippen LogP contribution in [0, 0.1) is 6.92 Å². The van der Waals surface area contributed by atoms with Gasteiger partial charge in [-0.15, -0.1) is 0 Å². The van der Waals surface area contributed by atoms with E-state index in [1.54, 1.807) is 24.3 Å². The van der Waals surface area contributed by atoms with Gasteiger partial charge in [-0.25, -0.2) is 9.59 Å². The highest BCUT2D eigenvalue weighted by Crippen LogP contribution is 2.26. The molecule has 0 fully saturated rings. The van der Waals surface area contributed by atoms with Crippen molar-refractivity contribution in [3.8, 4) is 5.69 Å². The van der Waals surface area contributed by atoms with Crippen LogP contribution in [0.4, 0.5) is 0 Å². The summed E-state index contributed by atoms with van der Waals surface area (Å²) in [4.78, 5) is 26.1. The molecule has 2 aromatic carbocycles. The molecule has 21 heavy (non-hydrogen) atoms. The quantitative estimate of drug-likeness (QED) is 0.764. The van der Waals surface area contributed by atoms with Crippen LogP contribution in [0.15, 0.2) is 41.2 Å². The van der Waals surface area contributed by atoms with E-state index in [1.807, 2.05) is 13.0 Å². The van der Waals surface area contributed by atoms with Crippen LogP contribution in [0.5, 0.6) is 0 Å². The third kappa shape index (κ3) is 2.02. The van der Waals surface area contributed by atoms with E-state index in [0.717, 1.165) is 5.56 Å². The first-order chi connectivity index (χ1) is 10.0. The molecule has 0 radical (unpaired) electrons. The summed E-state index contributed by atoms with van der Waals surface area (Å²) >= 11 is 6.21. The maximum Gasteiger partial charge on any atom is 0.337 e. The van der Waals surface area contributed by atoms with Gasteiger partial charge < -0.3 is 10.1 Å². The van der Waals surface area contributed by atoms with E-state index >= 15 is 0 Å². The number of fused-ring (bicyclic) bond motifs is 1. The fraction of sp³-hybridized carbons (Fsp3) is 0.0667. The van der Waals surface area contributed by atoms with Crippen molar-refractivity contribution in [2.75, 3.05) is 0 Å². The second-order valence-electron chi connectivity index (χ2n) is 4.68. The first-order valence-electron chi connectivity index (χ1n) is 6.23. The van der Waals surface area contributed by atoms with Gasteiger partial charge in [0.15, 0.2) is 0 Å². The lowest BCUT2D eigenvalue weighted by Crippen LogP contribution is -2.16. The van der Waals surface area contributed by atoms with Crippen LogP contribution in [0.25, 0.3) is 16.7 Å². The van der Waals surface area contributed by atoms with E-state index in [0.29, 0.717) is 16.2 Å². The lowest BCUT2D eigenvalue weighted by Gasteiger charge is -2.09. The molecule has 0 bridgehead atoms.